The lowest BCUT2D eigenvalue weighted by Gasteiger charge is -2.59. The second-order valence-electron chi connectivity index (χ2n) is 12.4. The fraction of sp³-hybridized carbons (Fsp3) is 0.926. The predicted molar refractivity (Wildman–Crippen MR) is 118 cm³/mol. The molecule has 0 N–H and O–H groups in total. The number of carbonyl (C=O) groups excluding carboxylic acids is 2. The van der Waals surface area contributed by atoms with Crippen molar-refractivity contribution < 1.29 is 9.59 Å². The van der Waals surface area contributed by atoms with Crippen LogP contribution in [-0.2, 0) is 9.59 Å². The molecular formula is C27H44O2. The van der Waals surface area contributed by atoms with Crippen molar-refractivity contribution in [2.75, 3.05) is 0 Å². The molecule has 4 fully saturated rings. The maximum Gasteiger partial charge on any atom is 0.137 e. The van der Waals surface area contributed by atoms with Crippen LogP contribution in [0.2, 0.25) is 0 Å². The fourth-order valence-corrected chi connectivity index (χ4v) is 8.86. The van der Waals surface area contributed by atoms with Gasteiger partial charge in [0, 0.05) is 25.2 Å². The first-order valence-corrected chi connectivity index (χ1v) is 12.7. The number of ketones is 2. The quantitative estimate of drug-likeness (QED) is 0.505. The molecule has 0 aromatic rings. The van der Waals surface area contributed by atoms with Crippen molar-refractivity contribution in [3.63, 3.8) is 0 Å². The van der Waals surface area contributed by atoms with Gasteiger partial charge in [-0.1, -0.05) is 53.9 Å². The molecule has 8 atom stereocenters. The summed E-state index contributed by atoms with van der Waals surface area (Å²) in [6, 6.07) is 0. The highest BCUT2D eigenvalue weighted by Gasteiger charge is 2.62. The molecule has 0 amide bonds. The summed E-state index contributed by atoms with van der Waals surface area (Å²) in [7, 11) is 0. The van der Waals surface area contributed by atoms with Crippen molar-refractivity contribution >= 4 is 11.6 Å². The monoisotopic (exact) mass is 400 g/mol. The molecule has 0 heterocycles. The van der Waals surface area contributed by atoms with Crippen molar-refractivity contribution in [2.24, 2.45) is 52.3 Å². The second kappa shape index (κ2) is 7.79. The van der Waals surface area contributed by atoms with E-state index in [1.807, 2.05) is 0 Å². The third-order valence-corrected chi connectivity index (χ3v) is 10.5. The topological polar surface area (TPSA) is 34.1 Å². The Morgan fingerprint density at radius 1 is 0.897 bits per heavy atom. The fourth-order valence-electron chi connectivity index (χ4n) is 8.86. The summed E-state index contributed by atoms with van der Waals surface area (Å²) in [6.45, 7) is 12.2. The summed E-state index contributed by atoms with van der Waals surface area (Å²) in [5, 5.41) is 0. The summed E-state index contributed by atoms with van der Waals surface area (Å²) in [4.78, 5) is 25.3. The van der Waals surface area contributed by atoms with Gasteiger partial charge in [0.15, 0.2) is 0 Å². The van der Waals surface area contributed by atoms with Crippen molar-refractivity contribution in [2.45, 2.75) is 105 Å². The second-order valence-corrected chi connectivity index (χ2v) is 12.4. The number of hydrogen-bond acceptors (Lipinski definition) is 2. The average Bonchev–Trinajstić information content (AvgIpc) is 3.00. The number of fused-ring (bicyclic) bond motifs is 5. The van der Waals surface area contributed by atoms with Crippen LogP contribution in [0.25, 0.3) is 0 Å². The van der Waals surface area contributed by atoms with Crippen molar-refractivity contribution in [3.05, 3.63) is 0 Å². The van der Waals surface area contributed by atoms with E-state index in [2.05, 4.69) is 34.6 Å². The minimum atomic E-state index is 0.0292. The molecule has 0 saturated heterocycles. The third kappa shape index (κ3) is 3.55. The number of hydrogen-bond donors (Lipinski definition) is 0. The standard InChI is InChI=1S/C27H44O2/c1-17(2)7-6-8-18(3)21-9-10-22-20-16-25(29)24-15-19(28)11-13-27(24,5)23(20)12-14-26(21,22)4/h17-18,20-24H,6-16H2,1-5H3/t18-,20+,21+,22+,23+,24-,26-,27-/m1/s1. The molecule has 4 saturated carbocycles. The summed E-state index contributed by atoms with van der Waals surface area (Å²) < 4.78 is 0. The molecule has 2 nitrogen and oxygen atoms in total. The first-order chi connectivity index (χ1) is 13.7. The Balaban J connectivity index is 1.51. The van der Waals surface area contributed by atoms with Gasteiger partial charge in [0.05, 0.1) is 0 Å². The van der Waals surface area contributed by atoms with E-state index in [9.17, 15) is 9.59 Å². The van der Waals surface area contributed by atoms with Crippen LogP contribution < -0.4 is 0 Å². The lowest BCUT2D eigenvalue weighted by atomic mass is 9.44. The molecular weight excluding hydrogens is 356 g/mol. The largest absolute Gasteiger partial charge is 0.300 e. The average molecular weight is 401 g/mol. The highest BCUT2D eigenvalue weighted by atomic mass is 16.1. The zero-order valence-electron chi connectivity index (χ0n) is 19.6. The van der Waals surface area contributed by atoms with Crippen LogP contribution in [0, 0.1) is 52.3 Å². The van der Waals surface area contributed by atoms with Crippen LogP contribution in [0.15, 0.2) is 0 Å². The maximum absolute atomic E-state index is 13.2. The molecule has 0 aromatic heterocycles. The molecule has 0 spiro atoms. The molecule has 164 valence electrons. The van der Waals surface area contributed by atoms with Crippen LogP contribution in [-0.4, -0.2) is 11.6 Å². The van der Waals surface area contributed by atoms with Gasteiger partial charge in [-0.2, -0.15) is 0 Å². The summed E-state index contributed by atoms with van der Waals surface area (Å²) >= 11 is 0. The van der Waals surface area contributed by atoms with E-state index in [0.29, 0.717) is 41.7 Å². The van der Waals surface area contributed by atoms with Crippen molar-refractivity contribution in [1.82, 2.24) is 0 Å². The lowest BCUT2D eigenvalue weighted by molar-refractivity contribution is -0.159. The van der Waals surface area contributed by atoms with Gasteiger partial charge in [-0.25, -0.2) is 0 Å². The van der Waals surface area contributed by atoms with Gasteiger partial charge in [-0.15, -0.1) is 0 Å². The molecule has 4 aliphatic rings. The predicted octanol–water partition coefficient (Wildman–Crippen LogP) is 6.86. The van der Waals surface area contributed by atoms with Gasteiger partial charge < -0.3 is 0 Å². The summed E-state index contributed by atoms with van der Waals surface area (Å²) in [6.07, 6.45) is 12.4. The van der Waals surface area contributed by atoms with E-state index in [-0.39, 0.29) is 11.3 Å². The van der Waals surface area contributed by atoms with E-state index < -0.39 is 0 Å². The Labute approximate surface area is 179 Å². The Kier molecular flexibility index (Phi) is 5.79. The van der Waals surface area contributed by atoms with Crippen LogP contribution in [0.5, 0.6) is 0 Å². The molecule has 0 bridgehead atoms. The number of carbonyl (C=O) groups is 2. The molecule has 0 aromatic carbocycles. The van der Waals surface area contributed by atoms with E-state index in [4.69, 9.17) is 0 Å². The van der Waals surface area contributed by atoms with Crippen LogP contribution in [0.3, 0.4) is 0 Å². The molecule has 0 radical (unpaired) electrons. The zero-order valence-corrected chi connectivity index (χ0v) is 19.6. The van der Waals surface area contributed by atoms with Gasteiger partial charge in [-0.3, -0.25) is 9.59 Å². The van der Waals surface area contributed by atoms with Crippen molar-refractivity contribution in [3.8, 4) is 0 Å². The van der Waals surface area contributed by atoms with Gasteiger partial charge in [0.1, 0.15) is 11.6 Å². The smallest absolute Gasteiger partial charge is 0.137 e. The normalized spacial score (nSPS) is 45.7. The van der Waals surface area contributed by atoms with E-state index in [1.54, 1.807) is 0 Å². The first-order valence-electron chi connectivity index (χ1n) is 12.7. The Morgan fingerprint density at radius 2 is 1.62 bits per heavy atom. The van der Waals surface area contributed by atoms with Crippen LogP contribution in [0.1, 0.15) is 105 Å². The van der Waals surface area contributed by atoms with Crippen LogP contribution in [0.4, 0.5) is 0 Å². The SMILES string of the molecule is CC(C)CCC[C@@H](C)[C@@H]1CC[C@H]2[C@@H]3CC(=O)[C@H]4CC(=O)CC[C@]4(C)[C@H]3CC[C@@]21C. The summed E-state index contributed by atoms with van der Waals surface area (Å²) in [5.41, 5.74) is 0.530. The van der Waals surface area contributed by atoms with Crippen LogP contribution >= 0.6 is 0 Å². The van der Waals surface area contributed by atoms with Gasteiger partial charge >= 0.3 is 0 Å². The highest BCUT2D eigenvalue weighted by Crippen LogP contribution is 2.67. The number of Topliss-reactive ketones (excluding diaryl/α,β-unsaturated/α-hetero) is 2. The minimum absolute atomic E-state index is 0.0292. The van der Waals surface area contributed by atoms with Gasteiger partial charge in [-0.05, 0) is 78.4 Å². The Hall–Kier alpha value is -0.660. The molecule has 4 rings (SSSR count). The Morgan fingerprint density at radius 3 is 2.34 bits per heavy atom. The van der Waals surface area contributed by atoms with E-state index in [0.717, 1.165) is 36.5 Å². The van der Waals surface area contributed by atoms with Crippen molar-refractivity contribution in [1.29, 1.82) is 0 Å². The van der Waals surface area contributed by atoms with Gasteiger partial charge in [0.25, 0.3) is 0 Å². The molecule has 29 heavy (non-hydrogen) atoms. The molecule has 0 aliphatic heterocycles. The minimum Gasteiger partial charge on any atom is -0.300 e. The molecule has 4 aliphatic carbocycles. The highest BCUT2D eigenvalue weighted by molar-refractivity contribution is 5.90. The van der Waals surface area contributed by atoms with Gasteiger partial charge in [0.2, 0.25) is 0 Å². The molecule has 2 heteroatoms. The first kappa shape index (κ1) is 21.6. The van der Waals surface area contributed by atoms with E-state index in [1.165, 1.54) is 44.9 Å². The summed E-state index contributed by atoms with van der Waals surface area (Å²) in [5.74, 6) is 5.25. The lowest BCUT2D eigenvalue weighted by Crippen LogP contribution is -2.56. The Bertz CT molecular complexity index is 651. The van der Waals surface area contributed by atoms with E-state index >= 15 is 0 Å². The number of rotatable bonds is 5. The zero-order chi connectivity index (χ0) is 21.0. The third-order valence-electron chi connectivity index (χ3n) is 10.5. The molecule has 0 unspecified atom stereocenters. The maximum atomic E-state index is 13.2.